The summed E-state index contributed by atoms with van der Waals surface area (Å²) in [5.74, 6) is 0.496. The molecule has 1 rings (SSSR count). The molecular weight excluding hydrogens is 375 g/mol. The molecule has 0 bridgehead atoms. The molecule has 8 nitrogen and oxygen atoms in total. The highest BCUT2D eigenvalue weighted by molar-refractivity contribution is 5.21. The SMILES string of the molecule is COC(Oc1ccccc1)C(F)OCCOCCOCCOCCOCCO. The summed E-state index contributed by atoms with van der Waals surface area (Å²) in [5.41, 5.74) is 0. The monoisotopic (exact) mass is 406 g/mol. The lowest BCUT2D eigenvalue weighted by Gasteiger charge is -2.21. The molecule has 2 atom stereocenters. The quantitative estimate of drug-likeness (QED) is 0.273. The number of hydrogen-bond acceptors (Lipinski definition) is 8. The van der Waals surface area contributed by atoms with E-state index in [0.717, 1.165) is 0 Å². The van der Waals surface area contributed by atoms with Crippen molar-refractivity contribution in [3.63, 3.8) is 0 Å². The van der Waals surface area contributed by atoms with Crippen molar-refractivity contribution in [1.29, 1.82) is 0 Å². The topological polar surface area (TPSA) is 84.8 Å². The number of rotatable bonds is 19. The van der Waals surface area contributed by atoms with Gasteiger partial charge in [-0.25, -0.2) is 4.39 Å². The third-order valence-corrected chi connectivity index (χ3v) is 3.30. The zero-order valence-corrected chi connectivity index (χ0v) is 16.3. The second kappa shape index (κ2) is 17.7. The number of halogens is 1. The number of para-hydroxylation sites is 1. The standard InChI is InChI=1S/C19H31FO8/c1-22-19(28-17-5-3-2-4-6-17)18(20)27-16-15-26-14-13-25-12-11-24-10-9-23-8-7-21/h2-6,18-19,21H,7-16H2,1H3. The molecule has 0 saturated heterocycles. The predicted molar refractivity (Wildman–Crippen MR) is 99.1 cm³/mol. The second-order valence-corrected chi connectivity index (χ2v) is 5.43. The van der Waals surface area contributed by atoms with E-state index in [2.05, 4.69) is 0 Å². The Morgan fingerprint density at radius 2 is 1.29 bits per heavy atom. The van der Waals surface area contributed by atoms with Crippen LogP contribution in [0.2, 0.25) is 0 Å². The molecule has 0 heterocycles. The minimum absolute atomic E-state index is 0.00850. The Kier molecular flexibility index (Phi) is 15.7. The molecule has 1 N–H and O–H groups in total. The van der Waals surface area contributed by atoms with Gasteiger partial charge in [-0.1, -0.05) is 18.2 Å². The minimum atomic E-state index is -1.73. The van der Waals surface area contributed by atoms with Crippen LogP contribution < -0.4 is 4.74 Å². The van der Waals surface area contributed by atoms with E-state index in [9.17, 15) is 4.39 Å². The smallest absolute Gasteiger partial charge is 0.262 e. The van der Waals surface area contributed by atoms with Crippen molar-refractivity contribution in [3.05, 3.63) is 30.3 Å². The first-order valence-electron chi connectivity index (χ1n) is 9.20. The van der Waals surface area contributed by atoms with E-state index in [0.29, 0.717) is 52.0 Å². The van der Waals surface area contributed by atoms with Gasteiger partial charge in [0.05, 0.1) is 66.1 Å². The van der Waals surface area contributed by atoms with Gasteiger partial charge in [-0.05, 0) is 12.1 Å². The van der Waals surface area contributed by atoms with Gasteiger partial charge in [0.2, 0.25) is 0 Å². The second-order valence-electron chi connectivity index (χ2n) is 5.43. The van der Waals surface area contributed by atoms with Crippen LogP contribution in [0.25, 0.3) is 0 Å². The fourth-order valence-electron chi connectivity index (χ4n) is 1.97. The van der Waals surface area contributed by atoms with E-state index in [1.807, 2.05) is 6.07 Å². The normalized spacial score (nSPS) is 13.4. The maximum absolute atomic E-state index is 14.0. The number of ether oxygens (including phenoxy) is 7. The first-order chi connectivity index (χ1) is 13.8. The van der Waals surface area contributed by atoms with E-state index in [-0.39, 0.29) is 19.8 Å². The van der Waals surface area contributed by atoms with Gasteiger partial charge in [-0.2, -0.15) is 0 Å². The molecule has 2 unspecified atom stereocenters. The first kappa shape index (κ1) is 24.7. The predicted octanol–water partition coefficient (Wildman–Crippen LogP) is 1.41. The van der Waals surface area contributed by atoms with Crippen LogP contribution in [-0.4, -0.2) is 90.9 Å². The molecule has 0 radical (unpaired) electrons. The lowest BCUT2D eigenvalue weighted by atomic mass is 10.3. The van der Waals surface area contributed by atoms with E-state index in [1.54, 1.807) is 24.3 Å². The van der Waals surface area contributed by atoms with Gasteiger partial charge in [-0.15, -0.1) is 0 Å². The van der Waals surface area contributed by atoms with Gasteiger partial charge < -0.3 is 38.3 Å². The Morgan fingerprint density at radius 1 is 0.786 bits per heavy atom. The van der Waals surface area contributed by atoms with Crippen molar-refractivity contribution in [2.45, 2.75) is 12.6 Å². The molecule has 9 heteroatoms. The van der Waals surface area contributed by atoms with Crippen molar-refractivity contribution in [2.24, 2.45) is 0 Å². The molecule has 0 aliphatic carbocycles. The Bertz CT molecular complexity index is 451. The highest BCUT2D eigenvalue weighted by Crippen LogP contribution is 2.15. The Balaban J connectivity index is 1.92. The number of aliphatic hydroxyl groups excluding tert-OH is 1. The summed E-state index contributed by atoms with van der Waals surface area (Å²) in [6, 6.07) is 8.82. The van der Waals surface area contributed by atoms with Gasteiger partial charge in [-0.3, -0.25) is 0 Å². The summed E-state index contributed by atoms with van der Waals surface area (Å²) < 4.78 is 50.3. The van der Waals surface area contributed by atoms with Crippen LogP contribution in [0.4, 0.5) is 4.39 Å². The van der Waals surface area contributed by atoms with Crippen LogP contribution in [0.15, 0.2) is 30.3 Å². The molecule has 0 saturated carbocycles. The summed E-state index contributed by atoms with van der Waals surface area (Å²) in [4.78, 5) is 0. The molecular formula is C19H31FO8. The number of alkyl halides is 1. The zero-order chi connectivity index (χ0) is 20.3. The molecule has 1 aromatic rings. The summed E-state index contributed by atoms with van der Waals surface area (Å²) in [6.45, 7) is 3.19. The molecule has 28 heavy (non-hydrogen) atoms. The van der Waals surface area contributed by atoms with Gasteiger partial charge in [0.25, 0.3) is 12.6 Å². The van der Waals surface area contributed by atoms with E-state index >= 15 is 0 Å². The van der Waals surface area contributed by atoms with E-state index in [1.165, 1.54) is 7.11 Å². The third-order valence-electron chi connectivity index (χ3n) is 3.30. The fraction of sp³-hybridized carbons (Fsp3) is 0.684. The Labute approximate surface area is 165 Å². The molecule has 0 amide bonds. The summed E-state index contributed by atoms with van der Waals surface area (Å²) in [5, 5.41) is 8.53. The Hall–Kier alpha value is -1.33. The van der Waals surface area contributed by atoms with Crippen LogP contribution >= 0.6 is 0 Å². The molecule has 0 aliphatic rings. The van der Waals surface area contributed by atoms with Crippen molar-refractivity contribution >= 4 is 0 Å². The molecule has 0 spiro atoms. The number of methoxy groups -OCH3 is 1. The molecule has 0 aliphatic heterocycles. The largest absolute Gasteiger partial charge is 0.459 e. The summed E-state index contributed by atoms with van der Waals surface area (Å²) in [6.07, 6.45) is -2.89. The summed E-state index contributed by atoms with van der Waals surface area (Å²) >= 11 is 0. The first-order valence-corrected chi connectivity index (χ1v) is 9.20. The van der Waals surface area contributed by atoms with E-state index in [4.69, 9.17) is 38.3 Å². The molecule has 0 fully saturated rings. The molecule has 1 aromatic carbocycles. The highest BCUT2D eigenvalue weighted by Gasteiger charge is 2.23. The van der Waals surface area contributed by atoms with Crippen LogP contribution in [0.5, 0.6) is 5.75 Å². The molecule has 162 valence electrons. The van der Waals surface area contributed by atoms with Crippen LogP contribution in [0.3, 0.4) is 0 Å². The van der Waals surface area contributed by atoms with Crippen LogP contribution in [-0.2, 0) is 28.4 Å². The summed E-state index contributed by atoms with van der Waals surface area (Å²) in [7, 11) is 1.35. The van der Waals surface area contributed by atoms with E-state index < -0.39 is 12.6 Å². The lowest BCUT2D eigenvalue weighted by molar-refractivity contribution is -0.201. The minimum Gasteiger partial charge on any atom is -0.459 e. The van der Waals surface area contributed by atoms with Crippen molar-refractivity contribution in [2.75, 3.05) is 73.2 Å². The van der Waals surface area contributed by atoms with Crippen molar-refractivity contribution < 1.29 is 42.7 Å². The van der Waals surface area contributed by atoms with Gasteiger partial charge in [0.15, 0.2) is 0 Å². The average molecular weight is 406 g/mol. The molecule has 0 aromatic heterocycles. The van der Waals surface area contributed by atoms with Crippen molar-refractivity contribution in [1.82, 2.24) is 0 Å². The number of aliphatic hydroxyl groups is 1. The number of benzene rings is 1. The highest BCUT2D eigenvalue weighted by atomic mass is 19.1. The lowest BCUT2D eigenvalue weighted by Crippen LogP contribution is -2.33. The maximum atomic E-state index is 14.0. The zero-order valence-electron chi connectivity index (χ0n) is 16.3. The van der Waals surface area contributed by atoms with Crippen molar-refractivity contribution in [3.8, 4) is 5.75 Å². The fourth-order valence-corrected chi connectivity index (χ4v) is 1.97. The van der Waals surface area contributed by atoms with Gasteiger partial charge in [0, 0.05) is 7.11 Å². The third kappa shape index (κ3) is 12.9. The van der Waals surface area contributed by atoms with Crippen LogP contribution in [0, 0.1) is 0 Å². The Morgan fingerprint density at radius 3 is 1.79 bits per heavy atom. The maximum Gasteiger partial charge on any atom is 0.262 e. The van der Waals surface area contributed by atoms with Gasteiger partial charge >= 0.3 is 0 Å². The van der Waals surface area contributed by atoms with Gasteiger partial charge in [0.1, 0.15) is 5.75 Å². The number of hydrogen-bond donors (Lipinski definition) is 1. The van der Waals surface area contributed by atoms with Crippen LogP contribution in [0.1, 0.15) is 0 Å². The average Bonchev–Trinajstić information content (AvgIpc) is 2.72.